The van der Waals surface area contributed by atoms with E-state index in [-0.39, 0.29) is 0 Å². The first kappa shape index (κ1) is 26.3. The quantitative estimate of drug-likeness (QED) is 0.185. The van der Waals surface area contributed by atoms with Crippen molar-refractivity contribution < 1.29 is 0 Å². The van der Waals surface area contributed by atoms with Crippen LogP contribution in [0.3, 0.4) is 0 Å². The molecule has 4 nitrogen and oxygen atoms in total. The van der Waals surface area contributed by atoms with E-state index in [1.165, 1.54) is 22.2 Å². The first-order chi connectivity index (χ1) is 21.2. The zero-order valence-corrected chi connectivity index (χ0v) is 23.8. The molecule has 206 valence electrons. The highest BCUT2D eigenvalue weighted by molar-refractivity contribution is 5.90. The number of allylic oxidation sites excluding steroid dienone is 5. The normalized spacial score (nSPS) is 12.7. The zero-order chi connectivity index (χ0) is 29.2. The van der Waals surface area contributed by atoms with Crippen LogP contribution in [-0.2, 0) is 6.42 Å². The highest BCUT2D eigenvalue weighted by Crippen LogP contribution is 2.35. The lowest BCUT2D eigenvalue weighted by atomic mass is 10.0. The van der Waals surface area contributed by atoms with Crippen molar-refractivity contribution in [2.24, 2.45) is 0 Å². The molecule has 0 fully saturated rings. The van der Waals surface area contributed by atoms with Gasteiger partial charge >= 0.3 is 0 Å². The number of para-hydroxylation sites is 1. The van der Waals surface area contributed by atoms with Crippen molar-refractivity contribution in [1.29, 1.82) is 0 Å². The van der Waals surface area contributed by atoms with Gasteiger partial charge < -0.3 is 4.57 Å². The number of aromatic nitrogens is 4. The summed E-state index contributed by atoms with van der Waals surface area (Å²) in [7, 11) is 0. The lowest BCUT2D eigenvalue weighted by Gasteiger charge is -2.13. The number of benzene rings is 4. The number of fused-ring (bicyclic) bond motifs is 3. The Morgan fingerprint density at radius 2 is 1.42 bits per heavy atom. The van der Waals surface area contributed by atoms with Gasteiger partial charge in [-0.25, -0.2) is 15.0 Å². The van der Waals surface area contributed by atoms with Crippen LogP contribution in [0.5, 0.6) is 0 Å². The van der Waals surface area contributed by atoms with Crippen LogP contribution in [0.15, 0.2) is 141 Å². The molecular formula is C39H30N4. The van der Waals surface area contributed by atoms with Gasteiger partial charge in [-0.1, -0.05) is 116 Å². The molecule has 0 atom stereocenters. The number of hydrogen-bond donors (Lipinski definition) is 0. The Bertz CT molecular complexity index is 2040. The fourth-order valence-corrected chi connectivity index (χ4v) is 5.82. The van der Waals surface area contributed by atoms with Crippen LogP contribution >= 0.6 is 0 Å². The van der Waals surface area contributed by atoms with Gasteiger partial charge in [0.1, 0.15) is 0 Å². The fourth-order valence-electron chi connectivity index (χ4n) is 5.82. The van der Waals surface area contributed by atoms with Crippen LogP contribution in [0.4, 0.5) is 0 Å². The largest absolute Gasteiger partial charge is 0.310 e. The highest BCUT2D eigenvalue weighted by Gasteiger charge is 2.18. The summed E-state index contributed by atoms with van der Waals surface area (Å²) in [6, 6.07) is 35.9. The molecule has 1 aliphatic rings. The first-order valence-electron chi connectivity index (χ1n) is 14.5. The molecular weight excluding hydrogens is 524 g/mol. The van der Waals surface area contributed by atoms with Gasteiger partial charge in [-0.3, -0.25) is 0 Å². The maximum Gasteiger partial charge on any atom is 0.164 e. The van der Waals surface area contributed by atoms with Crippen molar-refractivity contribution in [3.05, 3.63) is 158 Å². The minimum absolute atomic E-state index is 0.560. The Kier molecular flexibility index (Phi) is 6.94. The molecule has 0 radical (unpaired) electrons. The van der Waals surface area contributed by atoms with Gasteiger partial charge in [0, 0.05) is 33.5 Å². The van der Waals surface area contributed by atoms with E-state index >= 15 is 0 Å². The van der Waals surface area contributed by atoms with Crippen molar-refractivity contribution in [3.8, 4) is 39.6 Å². The Balaban J connectivity index is 1.28. The summed E-state index contributed by atoms with van der Waals surface area (Å²) < 4.78 is 2.38. The third kappa shape index (κ3) is 4.93. The number of rotatable bonds is 7. The van der Waals surface area contributed by atoms with E-state index in [0.29, 0.717) is 17.5 Å². The molecule has 1 aliphatic carbocycles. The van der Waals surface area contributed by atoms with E-state index in [9.17, 15) is 0 Å². The summed E-state index contributed by atoms with van der Waals surface area (Å²) >= 11 is 0. The summed E-state index contributed by atoms with van der Waals surface area (Å²) in [4.78, 5) is 14.5. The molecule has 0 unspecified atom stereocenters. The molecule has 4 aromatic carbocycles. The zero-order valence-electron chi connectivity index (χ0n) is 23.8. The van der Waals surface area contributed by atoms with Crippen LogP contribution in [0.2, 0.25) is 0 Å². The molecule has 7 rings (SSSR count). The molecule has 6 aromatic rings. The summed E-state index contributed by atoms with van der Waals surface area (Å²) in [5.74, 6) is 1.78. The minimum atomic E-state index is 0.560. The average molecular weight is 555 g/mol. The number of hydrogen-bond acceptors (Lipinski definition) is 3. The van der Waals surface area contributed by atoms with Gasteiger partial charge in [-0.2, -0.15) is 0 Å². The van der Waals surface area contributed by atoms with E-state index in [1.54, 1.807) is 12.2 Å². The van der Waals surface area contributed by atoms with E-state index in [2.05, 4.69) is 96.6 Å². The first-order valence-corrected chi connectivity index (χ1v) is 14.5. The van der Waals surface area contributed by atoms with Gasteiger partial charge in [0.15, 0.2) is 17.5 Å². The predicted octanol–water partition coefficient (Wildman–Crippen LogP) is 9.53. The molecule has 2 heterocycles. The van der Waals surface area contributed by atoms with Crippen molar-refractivity contribution in [2.45, 2.75) is 12.8 Å². The van der Waals surface area contributed by atoms with Crippen LogP contribution in [-0.4, -0.2) is 19.5 Å². The van der Waals surface area contributed by atoms with Crippen molar-refractivity contribution in [2.75, 3.05) is 0 Å². The van der Waals surface area contributed by atoms with Crippen molar-refractivity contribution in [1.82, 2.24) is 19.5 Å². The van der Waals surface area contributed by atoms with Gasteiger partial charge in [-0.15, -0.1) is 0 Å². The lowest BCUT2D eigenvalue weighted by molar-refractivity contribution is 0.967. The van der Waals surface area contributed by atoms with Crippen molar-refractivity contribution >= 4 is 22.6 Å². The second-order valence-electron chi connectivity index (χ2n) is 10.5. The van der Waals surface area contributed by atoms with Crippen LogP contribution in [0.25, 0.3) is 62.1 Å². The van der Waals surface area contributed by atoms with E-state index in [0.717, 1.165) is 46.4 Å². The molecule has 2 aromatic heterocycles. The summed E-state index contributed by atoms with van der Waals surface area (Å²) in [5.41, 5.74) is 9.98. The van der Waals surface area contributed by atoms with Gasteiger partial charge in [0.05, 0.1) is 5.52 Å². The van der Waals surface area contributed by atoms with Crippen LogP contribution in [0, 0.1) is 0 Å². The Hall–Kier alpha value is -5.61. The smallest absolute Gasteiger partial charge is 0.164 e. The Labute approximate surface area is 251 Å². The maximum absolute atomic E-state index is 4.88. The molecule has 0 N–H and O–H groups in total. The number of aryl methyl sites for hydroxylation is 1. The topological polar surface area (TPSA) is 43.6 Å². The second kappa shape index (κ2) is 11.3. The summed E-state index contributed by atoms with van der Waals surface area (Å²) in [5, 5.41) is 1.34. The second-order valence-corrected chi connectivity index (χ2v) is 10.5. The number of nitrogens with zero attached hydrogens (tertiary/aromatic N) is 4. The molecule has 0 saturated carbocycles. The third-order valence-corrected chi connectivity index (χ3v) is 7.88. The molecule has 0 spiro atoms. The summed E-state index contributed by atoms with van der Waals surface area (Å²) in [6.07, 6.45) is 12.0. The van der Waals surface area contributed by atoms with Gasteiger partial charge in [-0.05, 0) is 59.9 Å². The minimum Gasteiger partial charge on any atom is -0.310 e. The molecule has 0 aliphatic heterocycles. The Morgan fingerprint density at radius 3 is 2.21 bits per heavy atom. The molecule has 43 heavy (non-hydrogen) atoms. The fraction of sp³-hybridized carbons (Fsp3) is 0.0513. The standard InChI is InChI=1S/C39H30N4/c1-3-13-27(4-2)37-40-38(29-14-6-5-7-15-29)42-39(41-37)31-17-12-16-30(26-31)28-22-24-32(25-23-28)43-35-20-10-8-18-33(35)34-19-9-11-21-36(34)43/h3-8,10-18,20-26H,1-2,9,19H2/b27-13+. The predicted molar refractivity (Wildman–Crippen MR) is 179 cm³/mol. The summed E-state index contributed by atoms with van der Waals surface area (Å²) in [6.45, 7) is 7.80. The maximum atomic E-state index is 4.88. The van der Waals surface area contributed by atoms with Crippen LogP contribution in [0.1, 0.15) is 23.5 Å². The van der Waals surface area contributed by atoms with E-state index < -0.39 is 0 Å². The molecule has 4 heteroatoms. The monoisotopic (exact) mass is 554 g/mol. The lowest BCUT2D eigenvalue weighted by Crippen LogP contribution is -2.02. The van der Waals surface area contributed by atoms with Gasteiger partial charge in [0.25, 0.3) is 0 Å². The average Bonchev–Trinajstić information content (AvgIpc) is 3.42. The van der Waals surface area contributed by atoms with Crippen LogP contribution < -0.4 is 0 Å². The van der Waals surface area contributed by atoms with Gasteiger partial charge in [0.2, 0.25) is 0 Å². The van der Waals surface area contributed by atoms with E-state index in [4.69, 9.17) is 15.0 Å². The SMILES string of the molecule is C=C/C=C(\C=C)c1nc(-c2ccccc2)nc(-c2cccc(-c3ccc(-n4c5c(c6ccccc64)CCC=C5)cc3)c2)n1. The highest BCUT2D eigenvalue weighted by atomic mass is 15.0. The van der Waals surface area contributed by atoms with Crippen molar-refractivity contribution in [3.63, 3.8) is 0 Å². The molecule has 0 bridgehead atoms. The van der Waals surface area contributed by atoms with E-state index in [1.807, 2.05) is 42.5 Å². The Morgan fingerprint density at radius 1 is 0.698 bits per heavy atom. The molecule has 0 amide bonds. The third-order valence-electron chi connectivity index (χ3n) is 7.88. The molecule has 0 saturated heterocycles.